The number of hydrogen-bond acceptors (Lipinski definition) is 9. The van der Waals surface area contributed by atoms with Crippen LogP contribution in [0.2, 0.25) is 0 Å². The Labute approximate surface area is 165 Å². The van der Waals surface area contributed by atoms with Crippen LogP contribution in [0, 0.1) is 0 Å². The first kappa shape index (κ1) is 19.5. The zero-order valence-electron chi connectivity index (χ0n) is 15.3. The molecule has 1 aliphatic heterocycles. The van der Waals surface area contributed by atoms with Crippen LogP contribution >= 0.6 is 0 Å². The average molecular weight is 395 g/mol. The number of nitrogens with one attached hydrogen (secondary N) is 3. The number of rotatable bonds is 5. The summed E-state index contributed by atoms with van der Waals surface area (Å²) in [6, 6.07) is 5.30. The minimum absolute atomic E-state index is 0.0951. The topological polar surface area (TPSA) is 151 Å². The number of benzene rings is 1. The molecule has 3 heterocycles. The van der Waals surface area contributed by atoms with E-state index in [1.165, 1.54) is 6.33 Å². The van der Waals surface area contributed by atoms with Crippen molar-refractivity contribution in [2.75, 3.05) is 17.7 Å². The first-order chi connectivity index (χ1) is 14.2. The van der Waals surface area contributed by atoms with Gasteiger partial charge in [-0.1, -0.05) is 0 Å². The van der Waals surface area contributed by atoms with Gasteiger partial charge in [0, 0.05) is 36.1 Å². The summed E-state index contributed by atoms with van der Waals surface area (Å²) in [6.45, 7) is 0.191. The Morgan fingerprint density at radius 3 is 2.59 bits per heavy atom. The number of anilines is 4. The number of amides is 1. The molecule has 0 unspecified atom stereocenters. The van der Waals surface area contributed by atoms with E-state index in [0.717, 1.165) is 5.56 Å². The van der Waals surface area contributed by atoms with Crippen molar-refractivity contribution in [2.45, 2.75) is 6.54 Å². The number of ether oxygens (including phenoxy) is 1. The zero-order valence-corrected chi connectivity index (χ0v) is 15.3. The highest BCUT2D eigenvalue weighted by molar-refractivity contribution is 6.00. The van der Waals surface area contributed by atoms with Gasteiger partial charge < -0.3 is 25.8 Å². The van der Waals surface area contributed by atoms with E-state index in [1.54, 1.807) is 43.9 Å². The van der Waals surface area contributed by atoms with Gasteiger partial charge in [-0.2, -0.15) is 0 Å². The molecular weight excluding hydrogens is 378 g/mol. The lowest BCUT2D eigenvalue weighted by atomic mass is 10.1. The summed E-state index contributed by atoms with van der Waals surface area (Å²) in [5, 5.41) is 15.9. The minimum atomic E-state index is -0.250. The molecule has 11 nitrogen and oxygen atoms in total. The molecule has 29 heavy (non-hydrogen) atoms. The van der Waals surface area contributed by atoms with Crippen molar-refractivity contribution >= 4 is 35.5 Å². The van der Waals surface area contributed by atoms with E-state index in [4.69, 9.17) is 14.6 Å². The summed E-state index contributed by atoms with van der Waals surface area (Å²) >= 11 is 0. The van der Waals surface area contributed by atoms with Crippen molar-refractivity contribution in [1.82, 2.24) is 25.3 Å². The fourth-order valence-electron chi connectivity index (χ4n) is 2.74. The van der Waals surface area contributed by atoms with Crippen LogP contribution < -0.4 is 20.7 Å². The Balaban J connectivity index is 0.000000755. The van der Waals surface area contributed by atoms with E-state index in [0.29, 0.717) is 41.0 Å². The van der Waals surface area contributed by atoms with E-state index in [1.807, 2.05) is 0 Å². The van der Waals surface area contributed by atoms with Gasteiger partial charge in [-0.15, -0.1) is 0 Å². The molecule has 1 aliphatic rings. The molecule has 0 aliphatic carbocycles. The van der Waals surface area contributed by atoms with Gasteiger partial charge in [0.1, 0.15) is 29.5 Å². The van der Waals surface area contributed by atoms with Gasteiger partial charge in [0.05, 0.1) is 19.0 Å². The summed E-state index contributed by atoms with van der Waals surface area (Å²) in [5.41, 5.74) is 2.17. The Kier molecular flexibility index (Phi) is 6.10. The second-order valence-corrected chi connectivity index (χ2v) is 5.59. The predicted octanol–water partition coefficient (Wildman–Crippen LogP) is 1.71. The van der Waals surface area contributed by atoms with Gasteiger partial charge in [-0.3, -0.25) is 14.6 Å². The molecule has 0 atom stereocenters. The smallest absolute Gasteiger partial charge is 0.290 e. The van der Waals surface area contributed by atoms with Crippen LogP contribution in [0.1, 0.15) is 15.9 Å². The van der Waals surface area contributed by atoms with E-state index in [-0.39, 0.29) is 12.4 Å². The second-order valence-electron chi connectivity index (χ2n) is 5.59. The monoisotopic (exact) mass is 395 g/mol. The molecule has 0 radical (unpaired) electrons. The lowest BCUT2D eigenvalue weighted by Gasteiger charge is -2.14. The van der Waals surface area contributed by atoms with Crippen LogP contribution in [-0.2, 0) is 11.3 Å². The van der Waals surface area contributed by atoms with Crippen molar-refractivity contribution in [2.24, 2.45) is 0 Å². The summed E-state index contributed by atoms with van der Waals surface area (Å²) in [4.78, 5) is 36.7. The standard InChI is InChI=1S/C17H15N7O2.CH2O2/c1-26-16-11-7-20-17(25)10(11)2-3-12(16)23-13-6-14(22-9-21-13)24-15-8-18-4-5-19-15;2-1-3/h2-6,8-9H,7H2,1H3,(H,20,25)(H2,19,21,22,23,24);1H,(H,2,3). The summed E-state index contributed by atoms with van der Waals surface area (Å²) < 4.78 is 5.50. The van der Waals surface area contributed by atoms with Crippen LogP contribution in [0.3, 0.4) is 0 Å². The van der Waals surface area contributed by atoms with Crippen LogP contribution in [0.15, 0.2) is 43.1 Å². The number of nitrogens with zero attached hydrogens (tertiary/aromatic N) is 4. The highest BCUT2D eigenvalue weighted by Crippen LogP contribution is 2.35. The lowest BCUT2D eigenvalue weighted by molar-refractivity contribution is -0.122. The number of hydrogen-bond donors (Lipinski definition) is 4. The zero-order chi connectivity index (χ0) is 20.6. The maximum absolute atomic E-state index is 11.8. The number of aromatic nitrogens is 4. The van der Waals surface area contributed by atoms with E-state index < -0.39 is 0 Å². The average Bonchev–Trinajstić information content (AvgIpc) is 3.10. The summed E-state index contributed by atoms with van der Waals surface area (Å²) in [6.07, 6.45) is 6.22. The highest BCUT2D eigenvalue weighted by Gasteiger charge is 2.24. The third kappa shape index (κ3) is 4.53. The van der Waals surface area contributed by atoms with Gasteiger partial charge in [0.25, 0.3) is 12.4 Å². The number of methoxy groups -OCH3 is 1. The van der Waals surface area contributed by atoms with Crippen LogP contribution in [0.25, 0.3) is 0 Å². The summed E-state index contributed by atoms with van der Waals surface area (Å²) in [7, 11) is 1.57. The fourth-order valence-corrected chi connectivity index (χ4v) is 2.74. The molecule has 4 N–H and O–H groups in total. The highest BCUT2D eigenvalue weighted by atomic mass is 16.5. The van der Waals surface area contributed by atoms with E-state index >= 15 is 0 Å². The molecular formula is C18H17N7O4. The van der Waals surface area contributed by atoms with Gasteiger partial charge >= 0.3 is 0 Å². The first-order valence-electron chi connectivity index (χ1n) is 8.34. The minimum Gasteiger partial charge on any atom is -0.494 e. The third-order valence-corrected chi connectivity index (χ3v) is 3.88. The van der Waals surface area contributed by atoms with Gasteiger partial charge in [-0.05, 0) is 12.1 Å². The molecule has 0 bridgehead atoms. The van der Waals surface area contributed by atoms with Gasteiger partial charge in [-0.25, -0.2) is 15.0 Å². The van der Waals surface area contributed by atoms with Crippen molar-refractivity contribution in [1.29, 1.82) is 0 Å². The van der Waals surface area contributed by atoms with E-state index in [2.05, 4.69) is 35.9 Å². The van der Waals surface area contributed by atoms with Crippen molar-refractivity contribution in [3.05, 3.63) is 54.2 Å². The largest absolute Gasteiger partial charge is 0.494 e. The molecule has 1 amide bonds. The second kappa shape index (κ2) is 9.08. The Hall–Kier alpha value is -4.28. The molecule has 0 spiro atoms. The number of carboxylic acid groups (broad SMARTS) is 1. The summed E-state index contributed by atoms with van der Waals surface area (Å²) in [5.74, 6) is 2.24. The van der Waals surface area contributed by atoms with Gasteiger partial charge in [0.2, 0.25) is 0 Å². The Morgan fingerprint density at radius 2 is 1.90 bits per heavy atom. The predicted molar refractivity (Wildman–Crippen MR) is 103 cm³/mol. The molecule has 1 aromatic carbocycles. The molecule has 0 saturated carbocycles. The molecule has 0 saturated heterocycles. The number of fused-ring (bicyclic) bond motifs is 1. The normalized spacial score (nSPS) is 11.4. The molecule has 11 heteroatoms. The maximum atomic E-state index is 11.8. The third-order valence-electron chi connectivity index (χ3n) is 3.88. The molecule has 3 aromatic rings. The number of carbonyl (C=O) groups is 2. The quantitative estimate of drug-likeness (QED) is 0.470. The van der Waals surface area contributed by atoms with Crippen LogP contribution in [0.4, 0.5) is 23.1 Å². The van der Waals surface area contributed by atoms with E-state index in [9.17, 15) is 4.79 Å². The maximum Gasteiger partial charge on any atom is 0.290 e. The fraction of sp³-hybridized carbons (Fsp3) is 0.111. The van der Waals surface area contributed by atoms with Crippen molar-refractivity contribution in [3.63, 3.8) is 0 Å². The van der Waals surface area contributed by atoms with Crippen LogP contribution in [0.5, 0.6) is 5.75 Å². The Morgan fingerprint density at radius 1 is 1.14 bits per heavy atom. The lowest BCUT2D eigenvalue weighted by Crippen LogP contribution is -2.12. The molecule has 148 valence electrons. The van der Waals surface area contributed by atoms with Gasteiger partial charge in [0.15, 0.2) is 0 Å². The number of carbonyl (C=O) groups excluding carboxylic acids is 1. The SMILES string of the molecule is COc1c(Nc2cc(Nc3cnccn3)ncn2)ccc2c1CNC2=O.O=CO. The van der Waals surface area contributed by atoms with Crippen LogP contribution in [-0.4, -0.2) is 44.5 Å². The van der Waals surface area contributed by atoms with Crippen molar-refractivity contribution in [3.8, 4) is 5.75 Å². The van der Waals surface area contributed by atoms with Crippen molar-refractivity contribution < 1.29 is 19.4 Å². The molecule has 2 aromatic heterocycles. The Bertz CT molecular complexity index is 1010. The molecule has 0 fully saturated rings. The first-order valence-corrected chi connectivity index (χ1v) is 8.34. The molecule has 4 rings (SSSR count).